The highest BCUT2D eigenvalue weighted by Gasteiger charge is 2.35. The van der Waals surface area contributed by atoms with Gasteiger partial charge in [-0.05, 0) is 37.5 Å². The minimum absolute atomic E-state index is 0.194. The fourth-order valence-electron chi connectivity index (χ4n) is 3.27. The van der Waals surface area contributed by atoms with Crippen molar-refractivity contribution in [3.8, 4) is 0 Å². The maximum Gasteiger partial charge on any atom is 0.292 e. The topological polar surface area (TPSA) is 72.4 Å². The van der Waals surface area contributed by atoms with Crippen molar-refractivity contribution >= 4 is 5.91 Å². The van der Waals surface area contributed by atoms with E-state index in [-0.39, 0.29) is 23.5 Å². The Morgan fingerprint density at radius 3 is 2.85 bits per heavy atom. The first-order valence-corrected chi connectivity index (χ1v) is 8.52. The number of carbonyl (C=O) groups is 1. The Hall–Kier alpha value is -2.96. The zero-order valence-electron chi connectivity index (χ0n) is 14.3. The number of hydrogen-bond acceptors (Lipinski definition) is 5. The molecule has 1 amide bonds. The van der Waals surface area contributed by atoms with E-state index in [4.69, 9.17) is 8.83 Å². The summed E-state index contributed by atoms with van der Waals surface area (Å²) in [7, 11) is 0. The molecule has 7 heteroatoms. The molecule has 134 valence electrons. The van der Waals surface area contributed by atoms with Crippen molar-refractivity contribution in [2.75, 3.05) is 6.54 Å². The van der Waals surface area contributed by atoms with Crippen LogP contribution in [-0.2, 0) is 6.42 Å². The lowest BCUT2D eigenvalue weighted by molar-refractivity contribution is 0.0681. The highest BCUT2D eigenvalue weighted by atomic mass is 19.1. The molecule has 0 radical (unpaired) electrons. The van der Waals surface area contributed by atoms with Gasteiger partial charge < -0.3 is 13.7 Å². The molecule has 3 aromatic rings. The maximum absolute atomic E-state index is 13.0. The molecule has 1 fully saturated rings. The summed E-state index contributed by atoms with van der Waals surface area (Å²) in [5.74, 6) is 0.998. The zero-order chi connectivity index (χ0) is 18.1. The Kier molecular flexibility index (Phi) is 4.28. The Morgan fingerprint density at radius 1 is 1.31 bits per heavy atom. The summed E-state index contributed by atoms with van der Waals surface area (Å²) < 4.78 is 24.1. The van der Waals surface area contributed by atoms with Crippen LogP contribution in [0.1, 0.15) is 52.3 Å². The van der Waals surface area contributed by atoms with Crippen molar-refractivity contribution in [3.63, 3.8) is 0 Å². The summed E-state index contributed by atoms with van der Waals surface area (Å²) in [4.78, 5) is 22.8. The molecule has 1 aliphatic rings. The van der Waals surface area contributed by atoms with Crippen molar-refractivity contribution in [3.05, 3.63) is 71.3 Å². The Morgan fingerprint density at radius 2 is 2.12 bits per heavy atom. The number of benzene rings is 1. The molecular formula is C19H18FN3O3. The second-order valence-electron chi connectivity index (χ2n) is 6.39. The van der Waals surface area contributed by atoms with E-state index < -0.39 is 0 Å². The van der Waals surface area contributed by atoms with Gasteiger partial charge in [0, 0.05) is 13.0 Å². The van der Waals surface area contributed by atoms with E-state index in [9.17, 15) is 9.18 Å². The lowest BCUT2D eigenvalue weighted by atomic mass is 10.1. The molecule has 4 rings (SSSR count). The van der Waals surface area contributed by atoms with Gasteiger partial charge in [0.2, 0.25) is 11.7 Å². The molecule has 0 N–H and O–H groups in total. The number of amides is 1. The van der Waals surface area contributed by atoms with Crippen LogP contribution in [0.2, 0.25) is 0 Å². The predicted octanol–water partition coefficient (Wildman–Crippen LogP) is 3.68. The van der Waals surface area contributed by atoms with Gasteiger partial charge in [0.15, 0.2) is 6.39 Å². The number of rotatable bonds is 4. The van der Waals surface area contributed by atoms with Crippen molar-refractivity contribution in [2.24, 2.45) is 0 Å². The van der Waals surface area contributed by atoms with Gasteiger partial charge in [-0.1, -0.05) is 12.1 Å². The molecule has 1 saturated heterocycles. The van der Waals surface area contributed by atoms with Crippen LogP contribution in [0.15, 0.2) is 45.7 Å². The summed E-state index contributed by atoms with van der Waals surface area (Å²) in [5, 5.41) is 0. The Labute approximate surface area is 149 Å². The zero-order valence-corrected chi connectivity index (χ0v) is 14.3. The van der Waals surface area contributed by atoms with Crippen LogP contribution in [0.5, 0.6) is 0 Å². The normalized spacial score (nSPS) is 17.0. The van der Waals surface area contributed by atoms with Gasteiger partial charge in [-0.25, -0.2) is 14.4 Å². The summed E-state index contributed by atoms with van der Waals surface area (Å²) in [5.41, 5.74) is 1.51. The minimum Gasteiger partial charge on any atom is -0.443 e. The fraction of sp³-hybridized carbons (Fsp3) is 0.316. The fourth-order valence-corrected chi connectivity index (χ4v) is 3.27. The van der Waals surface area contributed by atoms with Crippen LogP contribution < -0.4 is 0 Å². The van der Waals surface area contributed by atoms with Gasteiger partial charge in [-0.15, -0.1) is 0 Å². The highest BCUT2D eigenvalue weighted by Crippen LogP contribution is 2.33. The van der Waals surface area contributed by atoms with Gasteiger partial charge in [0.1, 0.15) is 17.6 Å². The van der Waals surface area contributed by atoms with E-state index in [0.717, 1.165) is 18.4 Å². The second kappa shape index (κ2) is 6.74. The molecule has 6 nitrogen and oxygen atoms in total. The van der Waals surface area contributed by atoms with Crippen LogP contribution in [0.3, 0.4) is 0 Å². The van der Waals surface area contributed by atoms with Gasteiger partial charge in [0.05, 0.1) is 11.9 Å². The molecule has 1 aromatic carbocycles. The molecule has 3 heterocycles. The first-order valence-electron chi connectivity index (χ1n) is 8.52. The van der Waals surface area contributed by atoms with Gasteiger partial charge in [-0.2, -0.15) is 0 Å². The average molecular weight is 355 g/mol. The van der Waals surface area contributed by atoms with E-state index in [1.165, 1.54) is 18.5 Å². The molecule has 0 bridgehead atoms. The highest BCUT2D eigenvalue weighted by molar-refractivity contribution is 5.92. The van der Waals surface area contributed by atoms with E-state index in [2.05, 4.69) is 9.97 Å². The van der Waals surface area contributed by atoms with E-state index in [1.54, 1.807) is 30.2 Å². The SMILES string of the molecule is Cc1ncoc1C(=O)N1CCC[C@@H]1c1ncc(Cc2ccc(F)cc2)o1. The van der Waals surface area contributed by atoms with Crippen LogP contribution in [0.4, 0.5) is 4.39 Å². The Balaban J connectivity index is 1.52. The van der Waals surface area contributed by atoms with Crippen molar-refractivity contribution in [1.29, 1.82) is 0 Å². The van der Waals surface area contributed by atoms with Crippen molar-refractivity contribution in [1.82, 2.24) is 14.9 Å². The van der Waals surface area contributed by atoms with Crippen LogP contribution in [0.25, 0.3) is 0 Å². The number of likely N-dealkylation sites (tertiary alicyclic amines) is 1. The summed E-state index contributed by atoms with van der Waals surface area (Å²) in [6, 6.07) is 6.06. The third-order valence-corrected chi connectivity index (χ3v) is 4.60. The third-order valence-electron chi connectivity index (χ3n) is 4.60. The summed E-state index contributed by atoms with van der Waals surface area (Å²) in [6.45, 7) is 2.37. The predicted molar refractivity (Wildman–Crippen MR) is 90.0 cm³/mol. The number of aromatic nitrogens is 2. The molecule has 1 atom stereocenters. The number of oxazole rings is 2. The number of aryl methyl sites for hydroxylation is 1. The number of carbonyl (C=O) groups excluding carboxylic acids is 1. The molecule has 0 spiro atoms. The summed E-state index contributed by atoms with van der Waals surface area (Å²) in [6.07, 6.45) is 5.13. The van der Waals surface area contributed by atoms with Crippen LogP contribution >= 0.6 is 0 Å². The second-order valence-corrected chi connectivity index (χ2v) is 6.39. The Bertz CT molecular complexity index is 916. The first kappa shape index (κ1) is 16.5. The van der Waals surface area contributed by atoms with Gasteiger partial charge in [0.25, 0.3) is 5.91 Å². The largest absolute Gasteiger partial charge is 0.443 e. The standard InChI is InChI=1S/C19H18FN3O3/c1-12-17(25-11-22-12)19(24)23-8-2-3-16(23)18-21-10-15(26-18)9-13-4-6-14(20)7-5-13/h4-7,10-11,16H,2-3,8-9H2,1H3/t16-/m1/s1. The molecular weight excluding hydrogens is 337 g/mol. The molecule has 1 aliphatic heterocycles. The smallest absolute Gasteiger partial charge is 0.292 e. The molecule has 0 unspecified atom stereocenters. The molecule has 0 aliphatic carbocycles. The first-order chi connectivity index (χ1) is 12.6. The van der Waals surface area contributed by atoms with E-state index in [1.807, 2.05) is 0 Å². The molecule has 2 aromatic heterocycles. The number of halogens is 1. The average Bonchev–Trinajstić information content (AvgIpc) is 3.36. The molecule has 0 saturated carbocycles. The van der Waals surface area contributed by atoms with Gasteiger partial charge in [-0.3, -0.25) is 4.79 Å². The maximum atomic E-state index is 13.0. The lowest BCUT2D eigenvalue weighted by Crippen LogP contribution is -2.30. The van der Waals surface area contributed by atoms with E-state index in [0.29, 0.717) is 30.3 Å². The summed E-state index contributed by atoms with van der Waals surface area (Å²) >= 11 is 0. The number of hydrogen-bond donors (Lipinski definition) is 0. The number of nitrogens with zero attached hydrogens (tertiary/aromatic N) is 3. The lowest BCUT2D eigenvalue weighted by Gasteiger charge is -2.21. The quantitative estimate of drug-likeness (QED) is 0.714. The third kappa shape index (κ3) is 3.12. The van der Waals surface area contributed by atoms with Crippen LogP contribution in [-0.4, -0.2) is 27.3 Å². The van der Waals surface area contributed by atoms with Crippen molar-refractivity contribution in [2.45, 2.75) is 32.2 Å². The van der Waals surface area contributed by atoms with Crippen LogP contribution in [0, 0.1) is 12.7 Å². The monoisotopic (exact) mass is 355 g/mol. The van der Waals surface area contributed by atoms with Crippen molar-refractivity contribution < 1.29 is 18.0 Å². The molecule has 26 heavy (non-hydrogen) atoms. The minimum atomic E-state index is -0.269. The van der Waals surface area contributed by atoms with E-state index >= 15 is 0 Å². The van der Waals surface area contributed by atoms with Gasteiger partial charge >= 0.3 is 0 Å².